The topological polar surface area (TPSA) is 43.8 Å². The molecule has 0 radical (unpaired) electrons. The standard InChI is InChI=1S/C17H19N3/c1-12(2)17-19-16-14(18)9-6-10-15(16)20(17)11-13-7-4-3-5-8-13/h3-10,12H,11,18H2,1-2H3. The zero-order valence-corrected chi connectivity index (χ0v) is 11.9. The van der Waals surface area contributed by atoms with Crippen LogP contribution in [0.25, 0.3) is 11.0 Å². The van der Waals surface area contributed by atoms with Gasteiger partial charge in [0.1, 0.15) is 11.3 Å². The number of imidazole rings is 1. The first-order valence-electron chi connectivity index (χ1n) is 6.95. The van der Waals surface area contributed by atoms with Crippen LogP contribution in [0.4, 0.5) is 5.69 Å². The summed E-state index contributed by atoms with van der Waals surface area (Å²) in [5, 5.41) is 0. The van der Waals surface area contributed by atoms with Crippen LogP contribution in [-0.4, -0.2) is 9.55 Å². The molecule has 0 saturated carbocycles. The van der Waals surface area contributed by atoms with Crippen molar-refractivity contribution in [3.05, 3.63) is 59.9 Å². The highest BCUT2D eigenvalue weighted by atomic mass is 15.1. The molecular weight excluding hydrogens is 246 g/mol. The van der Waals surface area contributed by atoms with E-state index in [0.717, 1.165) is 29.1 Å². The molecule has 0 spiro atoms. The lowest BCUT2D eigenvalue weighted by Crippen LogP contribution is -2.06. The molecule has 0 aliphatic heterocycles. The van der Waals surface area contributed by atoms with Gasteiger partial charge in [-0.05, 0) is 17.7 Å². The molecule has 0 unspecified atom stereocenters. The van der Waals surface area contributed by atoms with Crippen molar-refractivity contribution in [2.45, 2.75) is 26.3 Å². The number of hydrogen-bond donors (Lipinski definition) is 1. The minimum atomic E-state index is 0.366. The Hall–Kier alpha value is -2.29. The predicted molar refractivity (Wildman–Crippen MR) is 83.8 cm³/mol. The van der Waals surface area contributed by atoms with E-state index in [-0.39, 0.29) is 0 Å². The third-order valence-corrected chi connectivity index (χ3v) is 3.54. The molecule has 0 amide bonds. The predicted octanol–water partition coefficient (Wildman–Crippen LogP) is 3.79. The Morgan fingerprint density at radius 3 is 2.50 bits per heavy atom. The fraction of sp³-hybridized carbons (Fsp3) is 0.235. The molecule has 0 aliphatic rings. The number of anilines is 1. The Balaban J connectivity index is 2.17. The van der Waals surface area contributed by atoms with Crippen LogP contribution in [-0.2, 0) is 6.54 Å². The number of fused-ring (bicyclic) bond motifs is 1. The van der Waals surface area contributed by atoms with Crippen LogP contribution < -0.4 is 5.73 Å². The van der Waals surface area contributed by atoms with E-state index >= 15 is 0 Å². The molecule has 3 heteroatoms. The first-order chi connectivity index (χ1) is 9.66. The molecular formula is C17H19N3. The van der Waals surface area contributed by atoms with E-state index in [1.165, 1.54) is 5.56 Å². The van der Waals surface area contributed by atoms with Crippen LogP contribution in [0, 0.1) is 0 Å². The lowest BCUT2D eigenvalue weighted by Gasteiger charge is -2.11. The highest BCUT2D eigenvalue weighted by Gasteiger charge is 2.15. The van der Waals surface area contributed by atoms with E-state index < -0.39 is 0 Å². The molecule has 0 aliphatic carbocycles. The van der Waals surface area contributed by atoms with Gasteiger partial charge in [0.25, 0.3) is 0 Å². The van der Waals surface area contributed by atoms with Crippen molar-refractivity contribution in [2.75, 3.05) is 5.73 Å². The fourth-order valence-electron chi connectivity index (χ4n) is 2.56. The normalized spacial score (nSPS) is 11.3. The number of para-hydroxylation sites is 1. The van der Waals surface area contributed by atoms with E-state index in [1.807, 2.05) is 18.2 Å². The third-order valence-electron chi connectivity index (χ3n) is 3.54. The van der Waals surface area contributed by atoms with E-state index in [4.69, 9.17) is 10.7 Å². The molecule has 102 valence electrons. The summed E-state index contributed by atoms with van der Waals surface area (Å²) in [6.45, 7) is 5.16. The van der Waals surface area contributed by atoms with Gasteiger partial charge in [0.05, 0.1) is 11.2 Å². The summed E-state index contributed by atoms with van der Waals surface area (Å²) in [6, 6.07) is 16.4. The van der Waals surface area contributed by atoms with Gasteiger partial charge in [-0.15, -0.1) is 0 Å². The monoisotopic (exact) mass is 265 g/mol. The van der Waals surface area contributed by atoms with Crippen molar-refractivity contribution >= 4 is 16.7 Å². The Kier molecular flexibility index (Phi) is 3.18. The second-order valence-electron chi connectivity index (χ2n) is 5.41. The summed E-state index contributed by atoms with van der Waals surface area (Å²) >= 11 is 0. The fourth-order valence-corrected chi connectivity index (χ4v) is 2.56. The van der Waals surface area contributed by atoms with Crippen molar-refractivity contribution in [3.63, 3.8) is 0 Å². The van der Waals surface area contributed by atoms with Crippen molar-refractivity contribution < 1.29 is 0 Å². The third kappa shape index (κ3) is 2.16. The molecule has 0 fully saturated rings. The number of aromatic nitrogens is 2. The van der Waals surface area contributed by atoms with Gasteiger partial charge >= 0.3 is 0 Å². The average Bonchev–Trinajstić information content (AvgIpc) is 2.81. The number of hydrogen-bond acceptors (Lipinski definition) is 2. The van der Waals surface area contributed by atoms with Crippen LogP contribution in [0.2, 0.25) is 0 Å². The minimum Gasteiger partial charge on any atom is -0.397 e. The van der Waals surface area contributed by atoms with E-state index in [0.29, 0.717) is 5.92 Å². The van der Waals surface area contributed by atoms with Crippen LogP contribution in [0.1, 0.15) is 31.2 Å². The average molecular weight is 265 g/mol. The van der Waals surface area contributed by atoms with E-state index in [9.17, 15) is 0 Å². The first-order valence-corrected chi connectivity index (χ1v) is 6.95. The summed E-state index contributed by atoms with van der Waals surface area (Å²) in [7, 11) is 0. The van der Waals surface area contributed by atoms with Gasteiger partial charge in [-0.3, -0.25) is 0 Å². The van der Waals surface area contributed by atoms with Gasteiger partial charge in [-0.25, -0.2) is 4.98 Å². The highest BCUT2D eigenvalue weighted by molar-refractivity contribution is 5.87. The van der Waals surface area contributed by atoms with Gasteiger partial charge in [0.2, 0.25) is 0 Å². The van der Waals surface area contributed by atoms with Gasteiger partial charge in [0, 0.05) is 12.5 Å². The smallest absolute Gasteiger partial charge is 0.112 e. The molecule has 0 atom stereocenters. The summed E-state index contributed by atoms with van der Waals surface area (Å²) in [6.07, 6.45) is 0. The SMILES string of the molecule is CC(C)c1nc2c(N)cccc2n1Cc1ccccc1. The lowest BCUT2D eigenvalue weighted by molar-refractivity contribution is 0.683. The molecule has 2 aromatic carbocycles. The van der Waals surface area contributed by atoms with Gasteiger partial charge < -0.3 is 10.3 Å². The Morgan fingerprint density at radius 2 is 1.80 bits per heavy atom. The van der Waals surface area contributed by atoms with Gasteiger partial charge in [0.15, 0.2) is 0 Å². The Morgan fingerprint density at radius 1 is 1.05 bits per heavy atom. The minimum absolute atomic E-state index is 0.366. The van der Waals surface area contributed by atoms with Crippen LogP contribution in [0.15, 0.2) is 48.5 Å². The maximum atomic E-state index is 6.06. The number of rotatable bonds is 3. The molecule has 20 heavy (non-hydrogen) atoms. The van der Waals surface area contributed by atoms with Crippen LogP contribution in [0.3, 0.4) is 0 Å². The Bertz CT molecular complexity index is 727. The number of nitrogens with zero attached hydrogens (tertiary/aromatic N) is 2. The second-order valence-corrected chi connectivity index (χ2v) is 5.41. The largest absolute Gasteiger partial charge is 0.397 e. The summed E-state index contributed by atoms with van der Waals surface area (Å²) < 4.78 is 2.27. The van der Waals surface area contributed by atoms with Crippen molar-refractivity contribution in [1.82, 2.24) is 9.55 Å². The van der Waals surface area contributed by atoms with Crippen molar-refractivity contribution in [3.8, 4) is 0 Å². The van der Waals surface area contributed by atoms with Gasteiger partial charge in [-0.2, -0.15) is 0 Å². The maximum absolute atomic E-state index is 6.06. The summed E-state index contributed by atoms with van der Waals surface area (Å²) in [4.78, 5) is 4.75. The molecule has 0 bridgehead atoms. The molecule has 3 aromatic rings. The number of nitrogen functional groups attached to an aromatic ring is 1. The molecule has 0 saturated heterocycles. The van der Waals surface area contributed by atoms with Crippen LogP contribution >= 0.6 is 0 Å². The zero-order chi connectivity index (χ0) is 14.1. The molecule has 1 heterocycles. The lowest BCUT2D eigenvalue weighted by atomic mass is 10.2. The van der Waals surface area contributed by atoms with E-state index in [1.54, 1.807) is 0 Å². The molecule has 3 nitrogen and oxygen atoms in total. The van der Waals surface area contributed by atoms with Gasteiger partial charge in [-0.1, -0.05) is 50.2 Å². The molecule has 3 rings (SSSR count). The number of nitrogens with two attached hydrogens (primary N) is 1. The highest BCUT2D eigenvalue weighted by Crippen LogP contribution is 2.26. The summed E-state index contributed by atoms with van der Waals surface area (Å²) in [5.74, 6) is 1.45. The van der Waals surface area contributed by atoms with E-state index in [2.05, 4.69) is 48.7 Å². The Labute approximate surface area is 119 Å². The second kappa shape index (κ2) is 5.00. The zero-order valence-electron chi connectivity index (χ0n) is 11.9. The number of benzene rings is 2. The summed E-state index contributed by atoms with van der Waals surface area (Å²) in [5.41, 5.74) is 10.1. The quantitative estimate of drug-likeness (QED) is 0.732. The molecule has 2 N–H and O–H groups in total. The van der Waals surface area contributed by atoms with Crippen molar-refractivity contribution in [2.24, 2.45) is 0 Å². The van der Waals surface area contributed by atoms with Crippen LogP contribution in [0.5, 0.6) is 0 Å². The maximum Gasteiger partial charge on any atom is 0.112 e. The van der Waals surface area contributed by atoms with Crippen molar-refractivity contribution in [1.29, 1.82) is 0 Å². The molecule has 1 aromatic heterocycles. The first kappa shape index (κ1) is 12.7.